The quantitative estimate of drug-likeness (QED) is 0.563. The summed E-state index contributed by atoms with van der Waals surface area (Å²) in [6.07, 6.45) is -0.658. The minimum atomic E-state index is -0.658. The van der Waals surface area contributed by atoms with Crippen LogP contribution in [0.1, 0.15) is 18.1 Å². The van der Waals surface area contributed by atoms with Crippen LogP contribution in [0.2, 0.25) is 5.02 Å². The molecule has 0 spiro atoms. The predicted octanol–water partition coefficient (Wildman–Crippen LogP) is 5.63. The lowest BCUT2D eigenvalue weighted by Crippen LogP contribution is -2.30. The Bertz CT molecular complexity index is 926. The molecule has 5 heteroatoms. The number of amides is 1. The van der Waals surface area contributed by atoms with E-state index in [-0.39, 0.29) is 5.91 Å². The Kier molecular flexibility index (Phi) is 6.56. The molecule has 0 saturated carbocycles. The van der Waals surface area contributed by atoms with Crippen LogP contribution in [0.15, 0.2) is 72.8 Å². The van der Waals surface area contributed by atoms with Gasteiger partial charge in [-0.3, -0.25) is 4.79 Å². The predicted molar refractivity (Wildman–Crippen MR) is 112 cm³/mol. The number of carbonyl (C=O) groups is 1. The van der Waals surface area contributed by atoms with E-state index in [4.69, 9.17) is 21.1 Å². The fraction of sp³-hybridized carbons (Fsp3) is 0.174. The zero-order chi connectivity index (χ0) is 19.9. The maximum atomic E-state index is 12.4. The number of rotatable bonds is 7. The summed E-state index contributed by atoms with van der Waals surface area (Å²) in [5, 5.41) is 3.46. The Balaban J connectivity index is 1.54. The summed E-state index contributed by atoms with van der Waals surface area (Å²) in [6, 6.07) is 22.6. The van der Waals surface area contributed by atoms with Gasteiger partial charge in [-0.25, -0.2) is 0 Å². The van der Waals surface area contributed by atoms with Gasteiger partial charge in [0.2, 0.25) is 0 Å². The molecule has 0 fully saturated rings. The van der Waals surface area contributed by atoms with Crippen molar-refractivity contribution in [3.63, 3.8) is 0 Å². The van der Waals surface area contributed by atoms with Crippen molar-refractivity contribution >= 4 is 23.2 Å². The average molecular weight is 396 g/mol. The highest BCUT2D eigenvalue weighted by Gasteiger charge is 2.16. The molecule has 3 rings (SSSR count). The molecule has 0 heterocycles. The van der Waals surface area contributed by atoms with Crippen molar-refractivity contribution in [2.75, 3.05) is 5.32 Å². The van der Waals surface area contributed by atoms with E-state index in [0.29, 0.717) is 23.1 Å². The summed E-state index contributed by atoms with van der Waals surface area (Å²) < 4.78 is 11.5. The van der Waals surface area contributed by atoms with Crippen LogP contribution in [0.25, 0.3) is 0 Å². The van der Waals surface area contributed by atoms with Gasteiger partial charge in [0.25, 0.3) is 5.91 Å². The Morgan fingerprint density at radius 2 is 1.64 bits per heavy atom. The number of anilines is 1. The van der Waals surface area contributed by atoms with Crippen LogP contribution in [0.4, 0.5) is 5.69 Å². The van der Waals surface area contributed by atoms with Crippen molar-refractivity contribution in [2.24, 2.45) is 0 Å². The van der Waals surface area contributed by atoms with Crippen LogP contribution >= 0.6 is 11.6 Å². The first-order chi connectivity index (χ1) is 13.5. The average Bonchev–Trinajstić information content (AvgIpc) is 2.71. The molecule has 0 bridgehead atoms. The van der Waals surface area contributed by atoms with Crippen molar-refractivity contribution in [1.29, 1.82) is 0 Å². The van der Waals surface area contributed by atoms with E-state index in [9.17, 15) is 4.79 Å². The fourth-order valence-corrected chi connectivity index (χ4v) is 2.76. The van der Waals surface area contributed by atoms with Crippen molar-refractivity contribution in [2.45, 2.75) is 26.6 Å². The highest BCUT2D eigenvalue weighted by atomic mass is 35.5. The fourth-order valence-electron chi connectivity index (χ4n) is 2.59. The molecule has 0 aliphatic heterocycles. The van der Waals surface area contributed by atoms with E-state index < -0.39 is 6.10 Å². The van der Waals surface area contributed by atoms with Gasteiger partial charge in [0.15, 0.2) is 6.10 Å². The van der Waals surface area contributed by atoms with Gasteiger partial charge in [0.05, 0.1) is 0 Å². The smallest absolute Gasteiger partial charge is 0.265 e. The monoisotopic (exact) mass is 395 g/mol. The normalized spacial score (nSPS) is 11.5. The molecule has 1 amide bonds. The number of hydrogen-bond acceptors (Lipinski definition) is 3. The molecule has 0 aliphatic carbocycles. The molecular formula is C23H22ClNO3. The van der Waals surface area contributed by atoms with Crippen molar-refractivity contribution < 1.29 is 14.3 Å². The third-order valence-corrected chi connectivity index (χ3v) is 4.69. The van der Waals surface area contributed by atoms with Gasteiger partial charge < -0.3 is 14.8 Å². The highest BCUT2D eigenvalue weighted by molar-refractivity contribution is 6.31. The summed E-state index contributed by atoms with van der Waals surface area (Å²) in [6.45, 7) is 4.06. The standard InChI is InChI=1S/C23H22ClNO3/c1-16-21(24)9-6-10-22(16)25-23(26)17(2)28-20-13-11-19(12-14-20)27-15-18-7-4-3-5-8-18/h3-14,17H,15H2,1-2H3,(H,25,26). The van der Waals surface area contributed by atoms with Crippen molar-refractivity contribution in [3.05, 3.63) is 88.9 Å². The molecule has 0 radical (unpaired) electrons. The van der Waals surface area contributed by atoms with E-state index in [1.165, 1.54) is 0 Å². The Hall–Kier alpha value is -2.98. The third kappa shape index (κ3) is 5.27. The van der Waals surface area contributed by atoms with Gasteiger partial charge in [-0.2, -0.15) is 0 Å². The summed E-state index contributed by atoms with van der Waals surface area (Å²) >= 11 is 6.09. The number of ether oxygens (including phenoxy) is 2. The van der Waals surface area contributed by atoms with Crippen LogP contribution < -0.4 is 14.8 Å². The van der Waals surface area contributed by atoms with E-state index in [2.05, 4.69) is 5.32 Å². The van der Waals surface area contributed by atoms with E-state index in [1.54, 1.807) is 31.2 Å². The Morgan fingerprint density at radius 3 is 2.36 bits per heavy atom. The SMILES string of the molecule is Cc1c(Cl)cccc1NC(=O)C(C)Oc1ccc(OCc2ccccc2)cc1. The van der Waals surface area contributed by atoms with Gasteiger partial charge >= 0.3 is 0 Å². The largest absolute Gasteiger partial charge is 0.489 e. The number of halogens is 1. The van der Waals surface area contributed by atoms with Gasteiger partial charge in [-0.1, -0.05) is 48.0 Å². The molecule has 144 valence electrons. The first kappa shape index (κ1) is 19.8. The van der Waals surface area contributed by atoms with Crippen LogP contribution in [0, 0.1) is 6.92 Å². The molecule has 0 aromatic heterocycles. The molecule has 0 saturated heterocycles. The van der Waals surface area contributed by atoms with Crippen molar-refractivity contribution in [3.8, 4) is 11.5 Å². The summed E-state index contributed by atoms with van der Waals surface area (Å²) in [4.78, 5) is 12.4. The van der Waals surface area contributed by atoms with E-state index in [1.807, 2.05) is 55.5 Å². The third-order valence-electron chi connectivity index (χ3n) is 4.28. The molecule has 4 nitrogen and oxygen atoms in total. The minimum absolute atomic E-state index is 0.241. The summed E-state index contributed by atoms with van der Waals surface area (Å²) in [5.74, 6) is 1.09. The maximum absolute atomic E-state index is 12.4. The number of hydrogen-bond donors (Lipinski definition) is 1. The first-order valence-electron chi connectivity index (χ1n) is 9.02. The second kappa shape index (κ2) is 9.29. The maximum Gasteiger partial charge on any atom is 0.265 e. The Labute approximate surface area is 170 Å². The lowest BCUT2D eigenvalue weighted by Gasteiger charge is -2.16. The molecular weight excluding hydrogens is 374 g/mol. The molecule has 3 aromatic rings. The molecule has 1 N–H and O–H groups in total. The van der Waals surface area contributed by atoms with Gasteiger partial charge in [-0.05, 0) is 61.4 Å². The molecule has 0 aliphatic rings. The molecule has 28 heavy (non-hydrogen) atoms. The zero-order valence-electron chi connectivity index (χ0n) is 15.8. The van der Waals surface area contributed by atoms with Gasteiger partial charge in [0.1, 0.15) is 18.1 Å². The second-order valence-corrected chi connectivity index (χ2v) is 6.81. The summed E-state index contributed by atoms with van der Waals surface area (Å²) in [7, 11) is 0. The molecule has 1 atom stereocenters. The van der Waals surface area contributed by atoms with Gasteiger partial charge in [-0.15, -0.1) is 0 Å². The minimum Gasteiger partial charge on any atom is -0.489 e. The summed E-state index contributed by atoms with van der Waals surface area (Å²) in [5.41, 5.74) is 2.60. The van der Waals surface area contributed by atoms with E-state index in [0.717, 1.165) is 16.9 Å². The molecule has 3 aromatic carbocycles. The zero-order valence-corrected chi connectivity index (χ0v) is 16.6. The number of carbonyl (C=O) groups excluding carboxylic acids is 1. The lowest BCUT2D eigenvalue weighted by molar-refractivity contribution is -0.122. The Morgan fingerprint density at radius 1 is 0.964 bits per heavy atom. The van der Waals surface area contributed by atoms with Crippen LogP contribution in [-0.2, 0) is 11.4 Å². The van der Waals surface area contributed by atoms with Crippen LogP contribution in [0.3, 0.4) is 0 Å². The highest BCUT2D eigenvalue weighted by Crippen LogP contribution is 2.24. The number of benzene rings is 3. The lowest BCUT2D eigenvalue weighted by atomic mass is 10.2. The number of nitrogens with one attached hydrogen (secondary N) is 1. The van der Waals surface area contributed by atoms with Crippen molar-refractivity contribution in [1.82, 2.24) is 0 Å². The second-order valence-electron chi connectivity index (χ2n) is 6.41. The van der Waals surface area contributed by atoms with Crippen LogP contribution in [0.5, 0.6) is 11.5 Å². The van der Waals surface area contributed by atoms with Gasteiger partial charge in [0, 0.05) is 10.7 Å². The molecule has 1 unspecified atom stereocenters. The van der Waals surface area contributed by atoms with E-state index >= 15 is 0 Å². The van der Waals surface area contributed by atoms with Crippen LogP contribution in [-0.4, -0.2) is 12.0 Å². The topological polar surface area (TPSA) is 47.6 Å². The first-order valence-corrected chi connectivity index (χ1v) is 9.40.